The van der Waals surface area contributed by atoms with Gasteiger partial charge in [0.05, 0.1) is 0 Å². The maximum Gasteiger partial charge on any atom is 0.0471 e. The SMILES string of the molecule is CC(C)NCc1c(Cl)cccc1N1CC(C)SC(C)C1. The lowest BCUT2D eigenvalue weighted by molar-refractivity contribution is 0.587. The molecule has 112 valence electrons. The van der Waals surface area contributed by atoms with Crippen LogP contribution in [0, 0.1) is 0 Å². The summed E-state index contributed by atoms with van der Waals surface area (Å²) in [5, 5.41) is 5.70. The topological polar surface area (TPSA) is 15.3 Å². The summed E-state index contributed by atoms with van der Waals surface area (Å²) < 4.78 is 0. The Morgan fingerprint density at radius 1 is 1.30 bits per heavy atom. The van der Waals surface area contributed by atoms with E-state index in [9.17, 15) is 0 Å². The Balaban J connectivity index is 2.23. The van der Waals surface area contributed by atoms with Crippen molar-refractivity contribution in [3.8, 4) is 0 Å². The van der Waals surface area contributed by atoms with Crippen LogP contribution in [0.3, 0.4) is 0 Å². The lowest BCUT2D eigenvalue weighted by Gasteiger charge is -2.37. The molecule has 1 aliphatic heterocycles. The maximum atomic E-state index is 6.43. The minimum atomic E-state index is 0.467. The molecule has 2 nitrogen and oxygen atoms in total. The minimum Gasteiger partial charge on any atom is -0.369 e. The fourth-order valence-electron chi connectivity index (χ4n) is 2.70. The molecule has 1 fully saturated rings. The number of nitrogens with zero attached hydrogens (tertiary/aromatic N) is 1. The Morgan fingerprint density at radius 2 is 1.95 bits per heavy atom. The molecule has 1 aromatic carbocycles. The number of benzene rings is 1. The van der Waals surface area contributed by atoms with E-state index in [0.29, 0.717) is 16.5 Å². The Kier molecular flexibility index (Phi) is 5.65. The van der Waals surface area contributed by atoms with Crippen LogP contribution in [0.4, 0.5) is 5.69 Å². The van der Waals surface area contributed by atoms with E-state index in [-0.39, 0.29) is 0 Å². The van der Waals surface area contributed by atoms with Gasteiger partial charge in [-0.2, -0.15) is 11.8 Å². The summed E-state index contributed by atoms with van der Waals surface area (Å²) in [6.07, 6.45) is 0. The van der Waals surface area contributed by atoms with Crippen molar-refractivity contribution in [3.63, 3.8) is 0 Å². The van der Waals surface area contributed by atoms with E-state index < -0.39 is 0 Å². The first-order valence-electron chi connectivity index (χ1n) is 7.38. The molecule has 1 saturated heterocycles. The summed E-state index contributed by atoms with van der Waals surface area (Å²) in [6.45, 7) is 12.0. The first kappa shape index (κ1) is 16.0. The van der Waals surface area contributed by atoms with Gasteiger partial charge >= 0.3 is 0 Å². The molecular weight excluding hydrogens is 288 g/mol. The van der Waals surface area contributed by atoms with Crippen molar-refractivity contribution in [2.75, 3.05) is 18.0 Å². The number of halogens is 1. The minimum absolute atomic E-state index is 0.467. The Hall–Kier alpha value is -0.380. The average Bonchev–Trinajstić information content (AvgIpc) is 2.35. The highest BCUT2D eigenvalue weighted by Crippen LogP contribution is 2.33. The van der Waals surface area contributed by atoms with Gasteiger partial charge in [0.2, 0.25) is 0 Å². The van der Waals surface area contributed by atoms with E-state index >= 15 is 0 Å². The van der Waals surface area contributed by atoms with Gasteiger partial charge < -0.3 is 10.2 Å². The second kappa shape index (κ2) is 7.06. The van der Waals surface area contributed by atoms with Crippen LogP contribution < -0.4 is 10.2 Å². The number of hydrogen-bond acceptors (Lipinski definition) is 3. The number of anilines is 1. The highest BCUT2D eigenvalue weighted by Gasteiger charge is 2.24. The van der Waals surface area contributed by atoms with Crippen LogP contribution in [0.15, 0.2) is 18.2 Å². The van der Waals surface area contributed by atoms with Gasteiger partial charge in [0, 0.05) is 52.4 Å². The molecule has 1 heterocycles. The van der Waals surface area contributed by atoms with Crippen molar-refractivity contribution in [2.24, 2.45) is 0 Å². The molecule has 0 amide bonds. The molecule has 2 atom stereocenters. The van der Waals surface area contributed by atoms with Crippen molar-refractivity contribution in [2.45, 2.75) is 50.8 Å². The highest BCUT2D eigenvalue weighted by atomic mass is 35.5. The summed E-state index contributed by atoms with van der Waals surface area (Å²) >= 11 is 8.51. The fourth-order valence-corrected chi connectivity index (χ4v) is 4.26. The molecule has 0 radical (unpaired) electrons. The molecule has 1 N–H and O–H groups in total. The molecular formula is C16H25ClN2S. The molecule has 0 aromatic heterocycles. The van der Waals surface area contributed by atoms with Crippen LogP contribution in [0.2, 0.25) is 5.02 Å². The third-order valence-corrected chi connectivity index (χ3v) is 5.12. The van der Waals surface area contributed by atoms with Crippen LogP contribution in [0.1, 0.15) is 33.3 Å². The van der Waals surface area contributed by atoms with E-state index in [1.807, 2.05) is 6.07 Å². The molecule has 1 aliphatic rings. The zero-order valence-corrected chi connectivity index (χ0v) is 14.4. The molecule has 1 aromatic rings. The fraction of sp³-hybridized carbons (Fsp3) is 0.625. The maximum absolute atomic E-state index is 6.43. The zero-order chi connectivity index (χ0) is 14.7. The van der Waals surface area contributed by atoms with Crippen LogP contribution in [0.25, 0.3) is 0 Å². The van der Waals surface area contributed by atoms with Gasteiger partial charge in [-0.25, -0.2) is 0 Å². The van der Waals surface area contributed by atoms with Crippen LogP contribution in [-0.2, 0) is 6.54 Å². The Labute approximate surface area is 132 Å². The molecule has 0 aliphatic carbocycles. The van der Waals surface area contributed by atoms with Gasteiger partial charge in [0.1, 0.15) is 0 Å². The zero-order valence-electron chi connectivity index (χ0n) is 12.8. The average molecular weight is 313 g/mol. The number of hydrogen-bond donors (Lipinski definition) is 1. The lowest BCUT2D eigenvalue weighted by atomic mass is 10.1. The van der Waals surface area contributed by atoms with Gasteiger partial charge in [-0.05, 0) is 12.1 Å². The van der Waals surface area contributed by atoms with E-state index in [1.54, 1.807) is 0 Å². The summed E-state index contributed by atoms with van der Waals surface area (Å²) in [5.41, 5.74) is 2.53. The monoisotopic (exact) mass is 312 g/mol. The second-order valence-electron chi connectivity index (χ2n) is 5.94. The predicted octanol–water partition coefficient (Wildman–Crippen LogP) is 4.17. The molecule has 4 heteroatoms. The van der Waals surface area contributed by atoms with E-state index in [0.717, 1.165) is 24.7 Å². The quantitative estimate of drug-likeness (QED) is 0.898. The van der Waals surface area contributed by atoms with Crippen molar-refractivity contribution >= 4 is 29.1 Å². The van der Waals surface area contributed by atoms with Crippen LogP contribution in [-0.4, -0.2) is 29.6 Å². The first-order chi connectivity index (χ1) is 9.47. The summed E-state index contributed by atoms with van der Waals surface area (Å²) in [7, 11) is 0. The van der Waals surface area contributed by atoms with Gasteiger partial charge in [-0.3, -0.25) is 0 Å². The number of nitrogens with one attached hydrogen (secondary N) is 1. The van der Waals surface area contributed by atoms with Crippen molar-refractivity contribution in [1.82, 2.24) is 5.32 Å². The standard InChI is InChI=1S/C16H25ClN2S/c1-11(2)18-8-14-15(17)6-5-7-16(14)19-9-12(3)20-13(4)10-19/h5-7,11-13,18H,8-10H2,1-4H3. The van der Waals surface area contributed by atoms with Crippen molar-refractivity contribution in [1.29, 1.82) is 0 Å². The Morgan fingerprint density at radius 3 is 2.55 bits per heavy atom. The predicted molar refractivity (Wildman–Crippen MR) is 92.2 cm³/mol. The van der Waals surface area contributed by atoms with Gasteiger partial charge in [0.15, 0.2) is 0 Å². The van der Waals surface area contributed by atoms with Crippen LogP contribution in [0.5, 0.6) is 0 Å². The normalized spacial score (nSPS) is 23.4. The molecule has 20 heavy (non-hydrogen) atoms. The highest BCUT2D eigenvalue weighted by molar-refractivity contribution is 8.00. The molecule has 2 rings (SSSR count). The summed E-state index contributed by atoms with van der Waals surface area (Å²) in [4.78, 5) is 2.50. The molecule has 0 bridgehead atoms. The molecule has 0 spiro atoms. The Bertz CT molecular complexity index is 440. The summed E-state index contributed by atoms with van der Waals surface area (Å²) in [6, 6.07) is 6.73. The molecule has 2 unspecified atom stereocenters. The van der Waals surface area contributed by atoms with Gasteiger partial charge in [-0.15, -0.1) is 0 Å². The van der Waals surface area contributed by atoms with Crippen LogP contribution >= 0.6 is 23.4 Å². The van der Waals surface area contributed by atoms with Gasteiger partial charge in [-0.1, -0.05) is 45.4 Å². The summed E-state index contributed by atoms with van der Waals surface area (Å²) in [5.74, 6) is 0. The lowest BCUT2D eigenvalue weighted by Crippen LogP contribution is -2.41. The van der Waals surface area contributed by atoms with Crippen molar-refractivity contribution in [3.05, 3.63) is 28.8 Å². The second-order valence-corrected chi connectivity index (χ2v) is 8.22. The number of thioether (sulfide) groups is 1. The first-order valence-corrected chi connectivity index (χ1v) is 8.70. The van der Waals surface area contributed by atoms with E-state index in [4.69, 9.17) is 11.6 Å². The third-order valence-electron chi connectivity index (χ3n) is 3.54. The number of rotatable bonds is 4. The van der Waals surface area contributed by atoms with E-state index in [2.05, 4.69) is 61.8 Å². The smallest absolute Gasteiger partial charge is 0.0471 e. The third kappa shape index (κ3) is 4.06. The molecule has 0 saturated carbocycles. The van der Waals surface area contributed by atoms with Gasteiger partial charge in [0.25, 0.3) is 0 Å². The van der Waals surface area contributed by atoms with E-state index in [1.165, 1.54) is 11.3 Å². The van der Waals surface area contributed by atoms with Crippen molar-refractivity contribution < 1.29 is 0 Å². The largest absolute Gasteiger partial charge is 0.369 e.